The van der Waals surface area contributed by atoms with Crippen molar-refractivity contribution in [2.75, 3.05) is 4.90 Å². The number of para-hydroxylation sites is 2. The van der Waals surface area contributed by atoms with Crippen LogP contribution in [0.25, 0.3) is 93.6 Å². The summed E-state index contributed by atoms with van der Waals surface area (Å²) in [6, 6.07) is 82.8. The maximum atomic E-state index is 6.94. The highest BCUT2D eigenvalue weighted by atomic mass is 16.3. The van der Waals surface area contributed by atoms with Crippen LogP contribution in [0, 0.1) is 0 Å². The van der Waals surface area contributed by atoms with E-state index in [1.165, 1.54) is 49.3 Å². The molecule has 0 aliphatic carbocycles. The van der Waals surface area contributed by atoms with Crippen LogP contribution in [-0.2, 0) is 0 Å². The number of nitrogens with zero attached hydrogens (tertiary/aromatic N) is 2. The summed E-state index contributed by atoms with van der Waals surface area (Å²) in [5, 5.41) is 7.05. The Morgan fingerprint density at radius 1 is 0.328 bits per heavy atom. The molecule has 0 saturated carbocycles. The molecule has 0 bridgehead atoms. The second-order valence-corrected chi connectivity index (χ2v) is 15.7. The highest BCUT2D eigenvalue weighted by Crippen LogP contribution is 2.47. The molecule has 0 amide bonds. The summed E-state index contributed by atoms with van der Waals surface area (Å²) >= 11 is 0. The van der Waals surface area contributed by atoms with Gasteiger partial charge in [-0.2, -0.15) is 0 Å². The Hall–Kier alpha value is -8.14. The molecule has 3 nitrogen and oxygen atoms in total. The van der Waals surface area contributed by atoms with Gasteiger partial charge in [-0.05, 0) is 105 Å². The quantitative estimate of drug-likeness (QED) is 0.161. The van der Waals surface area contributed by atoms with E-state index in [0.29, 0.717) is 0 Å². The molecule has 0 aliphatic rings. The van der Waals surface area contributed by atoms with E-state index in [1.807, 2.05) is 0 Å². The lowest BCUT2D eigenvalue weighted by molar-refractivity contribution is 0.669. The first-order valence-electron chi connectivity index (χ1n) is 20.8. The molecule has 12 aromatic rings. The van der Waals surface area contributed by atoms with Crippen LogP contribution >= 0.6 is 0 Å². The Morgan fingerprint density at radius 2 is 0.869 bits per heavy atom. The lowest BCUT2D eigenvalue weighted by Crippen LogP contribution is -2.10. The van der Waals surface area contributed by atoms with Gasteiger partial charge in [0.15, 0.2) is 0 Å². The first-order valence-corrected chi connectivity index (χ1v) is 20.8. The zero-order chi connectivity index (χ0) is 40.3. The van der Waals surface area contributed by atoms with E-state index in [1.54, 1.807) is 0 Å². The summed E-state index contributed by atoms with van der Waals surface area (Å²) in [7, 11) is 0. The van der Waals surface area contributed by atoms with E-state index in [9.17, 15) is 0 Å². The monoisotopic (exact) mass is 778 g/mol. The minimum absolute atomic E-state index is 0.842. The van der Waals surface area contributed by atoms with Gasteiger partial charge in [0.1, 0.15) is 11.2 Å². The number of hydrogen-bond acceptors (Lipinski definition) is 2. The predicted molar refractivity (Wildman–Crippen MR) is 257 cm³/mol. The molecule has 2 aromatic heterocycles. The van der Waals surface area contributed by atoms with Gasteiger partial charge in [-0.25, -0.2) is 0 Å². The molecule has 0 unspecified atom stereocenters. The predicted octanol–water partition coefficient (Wildman–Crippen LogP) is 16.3. The molecule has 0 aliphatic heterocycles. The van der Waals surface area contributed by atoms with Crippen LogP contribution in [-0.4, -0.2) is 4.57 Å². The van der Waals surface area contributed by atoms with E-state index < -0.39 is 0 Å². The smallest absolute Gasteiger partial charge is 0.138 e. The van der Waals surface area contributed by atoms with Crippen LogP contribution in [0.3, 0.4) is 0 Å². The first kappa shape index (κ1) is 34.9. The van der Waals surface area contributed by atoms with Crippen LogP contribution in [0.15, 0.2) is 235 Å². The van der Waals surface area contributed by atoms with Gasteiger partial charge in [0.2, 0.25) is 0 Å². The minimum atomic E-state index is 0.842. The molecular weight excluding hydrogens is 741 g/mol. The van der Waals surface area contributed by atoms with Crippen molar-refractivity contribution in [2.24, 2.45) is 0 Å². The lowest BCUT2D eigenvalue weighted by atomic mass is 9.95. The number of benzene rings is 10. The van der Waals surface area contributed by atoms with Gasteiger partial charge in [0.05, 0.1) is 16.7 Å². The number of anilines is 3. The van der Waals surface area contributed by atoms with Gasteiger partial charge in [-0.15, -0.1) is 0 Å². The fourth-order valence-corrected chi connectivity index (χ4v) is 9.32. The molecule has 12 rings (SSSR count). The maximum Gasteiger partial charge on any atom is 0.138 e. The second-order valence-electron chi connectivity index (χ2n) is 15.7. The standard InChI is InChI=1S/C58H38N2O/c1-4-14-39(15-5-1)41-24-30-46(31-25-41)59(47-32-26-42(27-33-47)40-16-6-2-7-17-40)48-37-52(58-56(38-48)61-55-35-29-43-18-10-11-21-49(43)57(55)58)44-28-34-51-50-22-12-13-23-53(50)60(54(51)36-44)45-19-8-3-9-20-45/h1-38H. The van der Waals surface area contributed by atoms with Crippen LogP contribution in [0.5, 0.6) is 0 Å². The third kappa shape index (κ3) is 5.90. The van der Waals surface area contributed by atoms with Crippen molar-refractivity contribution in [3.8, 4) is 39.1 Å². The van der Waals surface area contributed by atoms with Gasteiger partial charge in [-0.3, -0.25) is 0 Å². The number of rotatable bonds is 7. The summed E-state index contributed by atoms with van der Waals surface area (Å²) in [6.45, 7) is 0. The summed E-state index contributed by atoms with van der Waals surface area (Å²) in [5.74, 6) is 0. The van der Waals surface area contributed by atoms with Crippen molar-refractivity contribution in [3.63, 3.8) is 0 Å². The Labute approximate surface area is 353 Å². The van der Waals surface area contributed by atoms with Crippen molar-refractivity contribution in [1.82, 2.24) is 4.57 Å². The van der Waals surface area contributed by atoms with Crippen LogP contribution in [0.2, 0.25) is 0 Å². The molecular formula is C58H38N2O. The molecule has 0 saturated heterocycles. The fraction of sp³-hybridized carbons (Fsp3) is 0. The molecule has 10 aromatic carbocycles. The normalized spacial score (nSPS) is 11.6. The van der Waals surface area contributed by atoms with Crippen molar-refractivity contribution in [2.45, 2.75) is 0 Å². The summed E-state index contributed by atoms with van der Waals surface area (Å²) < 4.78 is 9.33. The molecule has 2 heterocycles. The molecule has 0 N–H and O–H groups in total. The average Bonchev–Trinajstić information content (AvgIpc) is 3.88. The van der Waals surface area contributed by atoms with Crippen LogP contribution in [0.4, 0.5) is 17.1 Å². The molecule has 3 heteroatoms. The third-order valence-corrected chi connectivity index (χ3v) is 12.2. The molecule has 61 heavy (non-hydrogen) atoms. The Bertz CT molecular complexity index is 3470. The van der Waals surface area contributed by atoms with Gasteiger partial charge in [-0.1, -0.05) is 164 Å². The summed E-state index contributed by atoms with van der Waals surface area (Å²) in [4.78, 5) is 2.36. The molecule has 0 radical (unpaired) electrons. The van der Waals surface area contributed by atoms with Crippen molar-refractivity contribution >= 4 is 71.6 Å². The highest BCUT2D eigenvalue weighted by Gasteiger charge is 2.22. The summed E-state index contributed by atoms with van der Waals surface area (Å²) in [6.07, 6.45) is 0. The highest BCUT2D eigenvalue weighted by molar-refractivity contribution is 6.24. The van der Waals surface area contributed by atoms with E-state index in [-0.39, 0.29) is 0 Å². The number of fused-ring (bicyclic) bond motifs is 8. The second kappa shape index (κ2) is 14.3. The minimum Gasteiger partial charge on any atom is -0.456 e. The zero-order valence-electron chi connectivity index (χ0n) is 33.2. The van der Waals surface area contributed by atoms with Crippen molar-refractivity contribution in [1.29, 1.82) is 0 Å². The van der Waals surface area contributed by atoms with E-state index in [2.05, 4.69) is 240 Å². The third-order valence-electron chi connectivity index (χ3n) is 12.2. The average molecular weight is 779 g/mol. The lowest BCUT2D eigenvalue weighted by Gasteiger charge is -2.27. The van der Waals surface area contributed by atoms with E-state index >= 15 is 0 Å². The molecule has 0 fully saturated rings. The van der Waals surface area contributed by atoms with Crippen molar-refractivity contribution < 1.29 is 4.42 Å². The molecule has 0 atom stereocenters. The number of aromatic nitrogens is 1. The Morgan fingerprint density at radius 3 is 1.54 bits per heavy atom. The maximum absolute atomic E-state index is 6.94. The van der Waals surface area contributed by atoms with Gasteiger partial charge in [0, 0.05) is 44.7 Å². The Kier molecular flexibility index (Phi) is 8.17. The first-order chi connectivity index (χ1) is 30.2. The van der Waals surface area contributed by atoms with Gasteiger partial charge in [0.25, 0.3) is 0 Å². The van der Waals surface area contributed by atoms with Gasteiger partial charge >= 0.3 is 0 Å². The largest absolute Gasteiger partial charge is 0.456 e. The van der Waals surface area contributed by atoms with Crippen LogP contribution in [0.1, 0.15) is 0 Å². The van der Waals surface area contributed by atoms with Crippen LogP contribution < -0.4 is 4.90 Å². The SMILES string of the molecule is c1ccc(-c2ccc(N(c3ccc(-c4ccccc4)cc3)c3cc(-c4ccc5c6ccccc6n(-c6ccccc6)c5c4)c4c(c3)oc3ccc5ccccc5c34)cc2)cc1. The Balaban J connectivity index is 1.13. The van der Waals surface area contributed by atoms with E-state index in [4.69, 9.17) is 4.42 Å². The number of furan rings is 1. The molecule has 286 valence electrons. The van der Waals surface area contributed by atoms with Crippen molar-refractivity contribution in [3.05, 3.63) is 231 Å². The zero-order valence-corrected chi connectivity index (χ0v) is 33.2. The van der Waals surface area contributed by atoms with Gasteiger partial charge < -0.3 is 13.9 Å². The number of hydrogen-bond donors (Lipinski definition) is 0. The molecule has 0 spiro atoms. The fourth-order valence-electron chi connectivity index (χ4n) is 9.32. The summed E-state index contributed by atoms with van der Waals surface area (Å²) in [5.41, 5.74) is 15.3. The topological polar surface area (TPSA) is 21.3 Å². The van der Waals surface area contributed by atoms with E-state index in [0.717, 1.165) is 61.3 Å².